The van der Waals surface area contributed by atoms with Gasteiger partial charge in [-0.25, -0.2) is 4.39 Å². The number of unbranched alkanes of at least 4 members (excludes halogenated alkanes) is 1. The van der Waals surface area contributed by atoms with Crippen molar-refractivity contribution in [3.05, 3.63) is 35.6 Å². The first-order valence-electron chi connectivity index (χ1n) is 8.90. The number of rotatable bonds is 6. The second-order valence-corrected chi connectivity index (χ2v) is 6.31. The maximum absolute atomic E-state index is 13.6. The minimum absolute atomic E-state index is 0.0427. The van der Waals surface area contributed by atoms with Crippen LogP contribution in [0.1, 0.15) is 44.6 Å². The van der Waals surface area contributed by atoms with Gasteiger partial charge in [0.15, 0.2) is 0 Å². The average molecular weight is 334 g/mol. The number of benzene rings is 1. The van der Waals surface area contributed by atoms with E-state index in [4.69, 9.17) is 0 Å². The zero-order valence-corrected chi connectivity index (χ0v) is 14.5. The van der Waals surface area contributed by atoms with Crippen molar-refractivity contribution < 1.29 is 14.0 Å². The summed E-state index contributed by atoms with van der Waals surface area (Å²) < 4.78 is 13.6. The molecule has 1 heterocycles. The van der Waals surface area contributed by atoms with E-state index in [1.54, 1.807) is 18.2 Å². The number of amides is 2. The number of carbonyl (C=O) groups is 2. The van der Waals surface area contributed by atoms with E-state index in [0.29, 0.717) is 44.5 Å². The smallest absolute Gasteiger partial charge is 0.222 e. The molecular weight excluding hydrogens is 307 g/mol. The summed E-state index contributed by atoms with van der Waals surface area (Å²) in [5.41, 5.74) is 0.581. The molecule has 0 radical (unpaired) electrons. The molecule has 1 saturated heterocycles. The summed E-state index contributed by atoms with van der Waals surface area (Å²) in [4.78, 5) is 28.2. The quantitative estimate of drug-likeness (QED) is 0.802. The van der Waals surface area contributed by atoms with Crippen molar-refractivity contribution in [2.45, 2.75) is 45.4 Å². The lowest BCUT2D eigenvalue weighted by Crippen LogP contribution is -2.37. The summed E-state index contributed by atoms with van der Waals surface area (Å²) >= 11 is 0. The molecule has 24 heavy (non-hydrogen) atoms. The van der Waals surface area contributed by atoms with E-state index in [1.807, 2.05) is 9.80 Å². The molecule has 0 aromatic heterocycles. The van der Waals surface area contributed by atoms with Crippen LogP contribution in [0.3, 0.4) is 0 Å². The van der Waals surface area contributed by atoms with E-state index in [0.717, 1.165) is 25.8 Å². The standard InChI is InChI=1S/C19H27FN2O2/c1-2-3-9-18(23)21-12-6-13-22(15-14-21)19(24)11-10-16-7-4-5-8-17(16)20/h4-5,7-8H,2-3,6,9-15H2,1H3. The molecule has 2 amide bonds. The van der Waals surface area contributed by atoms with E-state index in [2.05, 4.69) is 6.92 Å². The van der Waals surface area contributed by atoms with Gasteiger partial charge in [0.25, 0.3) is 0 Å². The molecule has 132 valence electrons. The average Bonchev–Trinajstić information content (AvgIpc) is 2.85. The van der Waals surface area contributed by atoms with Gasteiger partial charge in [0.1, 0.15) is 5.82 Å². The molecule has 0 saturated carbocycles. The zero-order chi connectivity index (χ0) is 17.4. The molecule has 4 nitrogen and oxygen atoms in total. The Morgan fingerprint density at radius 3 is 2.25 bits per heavy atom. The minimum atomic E-state index is -0.256. The van der Waals surface area contributed by atoms with Crippen LogP contribution in [0.15, 0.2) is 24.3 Å². The molecule has 0 unspecified atom stereocenters. The second kappa shape index (κ2) is 9.40. The van der Waals surface area contributed by atoms with Crippen LogP contribution in [0.4, 0.5) is 4.39 Å². The molecule has 1 aliphatic rings. The highest BCUT2D eigenvalue weighted by atomic mass is 19.1. The molecule has 5 heteroatoms. The summed E-state index contributed by atoms with van der Waals surface area (Å²) in [6.45, 7) is 4.65. The van der Waals surface area contributed by atoms with Crippen LogP contribution in [0.2, 0.25) is 0 Å². The van der Waals surface area contributed by atoms with Gasteiger partial charge in [-0.1, -0.05) is 31.5 Å². The largest absolute Gasteiger partial charge is 0.341 e. The fourth-order valence-electron chi connectivity index (χ4n) is 3.00. The van der Waals surface area contributed by atoms with Crippen LogP contribution in [0.25, 0.3) is 0 Å². The van der Waals surface area contributed by atoms with E-state index in [-0.39, 0.29) is 17.6 Å². The molecule has 1 aromatic rings. The lowest BCUT2D eigenvalue weighted by molar-refractivity contribution is -0.133. The van der Waals surface area contributed by atoms with Crippen LogP contribution in [-0.2, 0) is 16.0 Å². The van der Waals surface area contributed by atoms with Crippen LogP contribution in [-0.4, -0.2) is 47.8 Å². The van der Waals surface area contributed by atoms with Crippen molar-refractivity contribution in [2.75, 3.05) is 26.2 Å². The number of aryl methyl sites for hydroxylation is 1. The molecule has 0 spiro atoms. The third kappa shape index (κ3) is 5.32. The predicted molar refractivity (Wildman–Crippen MR) is 92.0 cm³/mol. The van der Waals surface area contributed by atoms with Crippen molar-refractivity contribution in [3.8, 4) is 0 Å². The van der Waals surface area contributed by atoms with E-state index in [1.165, 1.54) is 6.07 Å². The Balaban J connectivity index is 1.81. The third-order valence-electron chi connectivity index (χ3n) is 4.51. The van der Waals surface area contributed by atoms with Gasteiger partial charge in [0.05, 0.1) is 0 Å². The topological polar surface area (TPSA) is 40.6 Å². The summed E-state index contributed by atoms with van der Waals surface area (Å²) in [6, 6.07) is 6.58. The van der Waals surface area contributed by atoms with Crippen molar-refractivity contribution in [1.82, 2.24) is 9.80 Å². The fourth-order valence-corrected chi connectivity index (χ4v) is 3.00. The molecular formula is C19H27FN2O2. The number of nitrogens with zero attached hydrogens (tertiary/aromatic N) is 2. The fraction of sp³-hybridized carbons (Fsp3) is 0.579. The highest BCUT2D eigenvalue weighted by molar-refractivity contribution is 5.78. The monoisotopic (exact) mass is 334 g/mol. The molecule has 0 aliphatic carbocycles. The van der Waals surface area contributed by atoms with Gasteiger partial charge >= 0.3 is 0 Å². The number of halogens is 1. The summed E-state index contributed by atoms with van der Waals surface area (Å²) in [5, 5.41) is 0. The number of hydrogen-bond donors (Lipinski definition) is 0. The molecule has 0 N–H and O–H groups in total. The highest BCUT2D eigenvalue weighted by Gasteiger charge is 2.21. The molecule has 0 bridgehead atoms. The third-order valence-corrected chi connectivity index (χ3v) is 4.51. The SMILES string of the molecule is CCCCC(=O)N1CCCN(C(=O)CCc2ccccc2F)CC1. The van der Waals surface area contributed by atoms with Crippen LogP contribution < -0.4 is 0 Å². The molecule has 1 aliphatic heterocycles. The Morgan fingerprint density at radius 1 is 1.00 bits per heavy atom. The Labute approximate surface area is 143 Å². The van der Waals surface area contributed by atoms with Gasteiger partial charge in [-0.15, -0.1) is 0 Å². The molecule has 1 fully saturated rings. The van der Waals surface area contributed by atoms with Gasteiger partial charge < -0.3 is 9.80 Å². The van der Waals surface area contributed by atoms with E-state index < -0.39 is 0 Å². The molecule has 1 aromatic carbocycles. The van der Waals surface area contributed by atoms with Gasteiger partial charge in [-0.2, -0.15) is 0 Å². The lowest BCUT2D eigenvalue weighted by Gasteiger charge is -2.22. The van der Waals surface area contributed by atoms with E-state index >= 15 is 0 Å². The summed E-state index contributed by atoms with van der Waals surface area (Å²) in [5.74, 6) is -0.0209. The van der Waals surface area contributed by atoms with Crippen LogP contribution >= 0.6 is 0 Å². The van der Waals surface area contributed by atoms with E-state index in [9.17, 15) is 14.0 Å². The van der Waals surface area contributed by atoms with Gasteiger partial charge in [-0.3, -0.25) is 9.59 Å². The minimum Gasteiger partial charge on any atom is -0.341 e. The normalized spacial score (nSPS) is 15.2. The Hall–Kier alpha value is -1.91. The predicted octanol–water partition coefficient (Wildman–Crippen LogP) is 3.01. The first kappa shape index (κ1) is 18.4. The van der Waals surface area contributed by atoms with Gasteiger partial charge in [0, 0.05) is 39.0 Å². The molecule has 0 atom stereocenters. The Bertz CT molecular complexity index is 562. The number of carbonyl (C=O) groups excluding carboxylic acids is 2. The van der Waals surface area contributed by atoms with Crippen LogP contribution in [0, 0.1) is 5.82 Å². The Kier molecular flexibility index (Phi) is 7.22. The van der Waals surface area contributed by atoms with Crippen molar-refractivity contribution >= 4 is 11.8 Å². The zero-order valence-electron chi connectivity index (χ0n) is 14.5. The summed E-state index contributed by atoms with van der Waals surface area (Å²) in [6.07, 6.45) is 4.06. The maximum Gasteiger partial charge on any atom is 0.222 e. The highest BCUT2D eigenvalue weighted by Crippen LogP contribution is 2.12. The van der Waals surface area contributed by atoms with Crippen LogP contribution in [0.5, 0.6) is 0 Å². The first-order valence-corrected chi connectivity index (χ1v) is 8.90. The Morgan fingerprint density at radius 2 is 1.62 bits per heavy atom. The van der Waals surface area contributed by atoms with Crippen molar-refractivity contribution in [3.63, 3.8) is 0 Å². The maximum atomic E-state index is 13.6. The van der Waals surface area contributed by atoms with Crippen molar-refractivity contribution in [2.24, 2.45) is 0 Å². The molecule has 2 rings (SSSR count). The van der Waals surface area contributed by atoms with Gasteiger partial charge in [-0.05, 0) is 30.9 Å². The van der Waals surface area contributed by atoms with Crippen molar-refractivity contribution in [1.29, 1.82) is 0 Å². The summed E-state index contributed by atoms with van der Waals surface area (Å²) in [7, 11) is 0. The first-order chi connectivity index (χ1) is 11.6. The number of hydrogen-bond acceptors (Lipinski definition) is 2. The second-order valence-electron chi connectivity index (χ2n) is 6.31. The van der Waals surface area contributed by atoms with Gasteiger partial charge in [0.2, 0.25) is 11.8 Å². The lowest BCUT2D eigenvalue weighted by atomic mass is 10.1.